The highest BCUT2D eigenvalue weighted by atomic mass is 35.5. The third-order valence-electron chi connectivity index (χ3n) is 3.90. The van der Waals surface area contributed by atoms with E-state index < -0.39 is 0 Å². The zero-order valence-corrected chi connectivity index (χ0v) is 13.8. The molecular formula is C16H21Cl2N3. The van der Waals surface area contributed by atoms with Crippen LogP contribution >= 0.6 is 23.2 Å². The van der Waals surface area contributed by atoms with E-state index in [0.717, 1.165) is 32.5 Å². The fourth-order valence-electron chi connectivity index (χ4n) is 2.75. The van der Waals surface area contributed by atoms with Crippen molar-refractivity contribution in [1.82, 2.24) is 10.2 Å². The number of benzene rings is 1. The van der Waals surface area contributed by atoms with Gasteiger partial charge >= 0.3 is 0 Å². The number of halogens is 2. The van der Waals surface area contributed by atoms with Crippen molar-refractivity contribution < 1.29 is 0 Å². The minimum absolute atomic E-state index is 0.279. The van der Waals surface area contributed by atoms with E-state index in [2.05, 4.69) is 23.2 Å². The van der Waals surface area contributed by atoms with Crippen LogP contribution in [0, 0.1) is 11.3 Å². The van der Waals surface area contributed by atoms with Gasteiger partial charge in [-0.2, -0.15) is 5.26 Å². The predicted octanol–water partition coefficient (Wildman–Crippen LogP) is 3.85. The van der Waals surface area contributed by atoms with Crippen LogP contribution in [0.1, 0.15) is 31.7 Å². The summed E-state index contributed by atoms with van der Waals surface area (Å²) in [6.45, 7) is 5.12. The maximum absolute atomic E-state index is 8.70. The first-order valence-electron chi connectivity index (χ1n) is 7.37. The molecule has 1 aliphatic rings. The van der Waals surface area contributed by atoms with Crippen molar-refractivity contribution in [3.63, 3.8) is 0 Å². The Morgan fingerprint density at radius 1 is 1.33 bits per heavy atom. The summed E-state index contributed by atoms with van der Waals surface area (Å²) in [4.78, 5) is 2.44. The molecule has 0 amide bonds. The summed E-state index contributed by atoms with van der Waals surface area (Å²) in [6.07, 6.45) is 2.82. The van der Waals surface area contributed by atoms with Gasteiger partial charge in [-0.15, -0.1) is 0 Å². The van der Waals surface area contributed by atoms with Gasteiger partial charge in [0.2, 0.25) is 0 Å². The van der Waals surface area contributed by atoms with Gasteiger partial charge in [-0.25, -0.2) is 0 Å². The number of hydrogen-bond acceptors (Lipinski definition) is 3. The maximum Gasteiger partial charge on any atom is 0.0638 e. The molecule has 1 aliphatic heterocycles. The number of piperidine rings is 1. The van der Waals surface area contributed by atoms with Crippen LogP contribution in [-0.2, 0) is 6.54 Å². The molecule has 114 valence electrons. The number of nitrogens with zero attached hydrogens (tertiary/aromatic N) is 2. The Balaban J connectivity index is 1.79. The molecule has 1 atom stereocenters. The lowest BCUT2D eigenvalue weighted by atomic mass is 10.0. The topological polar surface area (TPSA) is 39.1 Å². The summed E-state index contributed by atoms with van der Waals surface area (Å²) in [7, 11) is 0. The van der Waals surface area contributed by atoms with Crippen LogP contribution in [0.25, 0.3) is 0 Å². The van der Waals surface area contributed by atoms with E-state index in [9.17, 15) is 0 Å². The fraction of sp³-hybridized carbons (Fsp3) is 0.562. The second kappa shape index (κ2) is 8.00. The summed E-state index contributed by atoms with van der Waals surface area (Å²) >= 11 is 12.0. The molecule has 1 unspecified atom stereocenters. The van der Waals surface area contributed by atoms with E-state index in [1.54, 1.807) is 0 Å². The number of rotatable bonds is 5. The van der Waals surface area contributed by atoms with Crippen LogP contribution < -0.4 is 5.32 Å². The van der Waals surface area contributed by atoms with E-state index in [1.165, 1.54) is 5.56 Å². The molecule has 2 rings (SSSR count). The minimum atomic E-state index is 0.279. The van der Waals surface area contributed by atoms with Crippen LogP contribution in [0.5, 0.6) is 0 Å². The first-order valence-corrected chi connectivity index (χ1v) is 8.13. The fourth-order valence-corrected chi connectivity index (χ4v) is 3.07. The lowest BCUT2D eigenvalue weighted by molar-refractivity contribution is 0.185. The molecule has 0 aromatic heterocycles. The molecule has 3 nitrogen and oxygen atoms in total. The van der Waals surface area contributed by atoms with Gasteiger partial charge in [0, 0.05) is 18.6 Å². The summed E-state index contributed by atoms with van der Waals surface area (Å²) in [5.41, 5.74) is 1.20. The Morgan fingerprint density at radius 2 is 2.05 bits per heavy atom. The average Bonchev–Trinajstić information content (AvgIpc) is 2.45. The lowest BCUT2D eigenvalue weighted by Crippen LogP contribution is -2.45. The Kier molecular flexibility index (Phi) is 6.32. The van der Waals surface area contributed by atoms with Crippen LogP contribution in [0.15, 0.2) is 18.2 Å². The molecule has 1 fully saturated rings. The third-order valence-corrected chi connectivity index (χ3v) is 4.63. The lowest BCUT2D eigenvalue weighted by Gasteiger charge is -2.33. The van der Waals surface area contributed by atoms with Gasteiger partial charge < -0.3 is 5.32 Å². The molecule has 5 heteroatoms. The van der Waals surface area contributed by atoms with E-state index in [4.69, 9.17) is 28.5 Å². The van der Waals surface area contributed by atoms with Crippen LogP contribution in [-0.4, -0.2) is 30.1 Å². The van der Waals surface area contributed by atoms with Gasteiger partial charge in [-0.05, 0) is 50.6 Å². The summed E-state index contributed by atoms with van der Waals surface area (Å²) < 4.78 is 0. The Morgan fingerprint density at radius 3 is 2.67 bits per heavy atom. The van der Waals surface area contributed by atoms with Crippen molar-refractivity contribution in [3.8, 4) is 6.07 Å². The molecule has 21 heavy (non-hydrogen) atoms. The molecule has 0 saturated carbocycles. The van der Waals surface area contributed by atoms with Crippen molar-refractivity contribution >= 4 is 23.2 Å². The first-order chi connectivity index (χ1) is 10.1. The predicted molar refractivity (Wildman–Crippen MR) is 87.6 cm³/mol. The number of hydrogen-bond donors (Lipinski definition) is 1. The maximum atomic E-state index is 8.70. The molecule has 1 heterocycles. The van der Waals surface area contributed by atoms with Gasteiger partial charge in [0.1, 0.15) is 0 Å². The molecule has 0 spiro atoms. The van der Waals surface area contributed by atoms with Crippen LogP contribution in [0.2, 0.25) is 10.0 Å². The first kappa shape index (κ1) is 16.6. The van der Waals surface area contributed by atoms with Crippen molar-refractivity contribution in [2.75, 3.05) is 13.1 Å². The summed E-state index contributed by atoms with van der Waals surface area (Å²) in [5, 5.41) is 13.5. The van der Waals surface area contributed by atoms with Crippen molar-refractivity contribution in [2.45, 2.75) is 44.8 Å². The molecule has 0 bridgehead atoms. The van der Waals surface area contributed by atoms with Crippen molar-refractivity contribution in [2.24, 2.45) is 0 Å². The zero-order valence-electron chi connectivity index (χ0n) is 12.3. The minimum Gasteiger partial charge on any atom is -0.310 e. The molecule has 1 aromatic rings. The van der Waals surface area contributed by atoms with Crippen molar-refractivity contribution in [3.05, 3.63) is 33.8 Å². The highest BCUT2D eigenvalue weighted by molar-refractivity contribution is 6.42. The summed E-state index contributed by atoms with van der Waals surface area (Å²) in [5.74, 6) is 0. The zero-order chi connectivity index (χ0) is 15.2. The van der Waals surface area contributed by atoms with E-state index in [0.29, 0.717) is 22.5 Å². The van der Waals surface area contributed by atoms with Gasteiger partial charge in [-0.3, -0.25) is 4.90 Å². The number of nitrogens with one attached hydrogen (secondary N) is 1. The van der Waals surface area contributed by atoms with Gasteiger partial charge in [-0.1, -0.05) is 29.3 Å². The van der Waals surface area contributed by atoms with E-state index in [-0.39, 0.29) is 6.04 Å². The van der Waals surface area contributed by atoms with Gasteiger partial charge in [0.05, 0.1) is 22.5 Å². The third kappa shape index (κ3) is 5.16. The van der Waals surface area contributed by atoms with E-state index >= 15 is 0 Å². The van der Waals surface area contributed by atoms with Crippen molar-refractivity contribution in [1.29, 1.82) is 5.26 Å². The Labute approximate surface area is 136 Å². The monoisotopic (exact) mass is 325 g/mol. The molecule has 1 aromatic carbocycles. The Hall–Kier alpha value is -0.790. The second-order valence-electron chi connectivity index (χ2n) is 5.73. The SMILES string of the molecule is CC(CC#N)NC1CCN(Cc2ccc(Cl)c(Cl)c2)CC1. The van der Waals surface area contributed by atoms with Crippen LogP contribution in [0.3, 0.4) is 0 Å². The quantitative estimate of drug-likeness (QED) is 0.893. The average molecular weight is 326 g/mol. The second-order valence-corrected chi connectivity index (χ2v) is 6.54. The molecular weight excluding hydrogens is 305 g/mol. The molecule has 0 aliphatic carbocycles. The number of likely N-dealkylation sites (tertiary alicyclic amines) is 1. The standard InChI is InChI=1S/C16H21Cl2N3/c1-12(4-7-19)20-14-5-8-21(9-6-14)11-13-2-3-15(17)16(18)10-13/h2-3,10,12,14,20H,4-6,8-9,11H2,1H3. The summed E-state index contributed by atoms with van der Waals surface area (Å²) in [6, 6.07) is 8.86. The number of nitriles is 1. The smallest absolute Gasteiger partial charge is 0.0638 e. The molecule has 1 saturated heterocycles. The normalized spacial score (nSPS) is 18.4. The highest BCUT2D eigenvalue weighted by Gasteiger charge is 2.20. The van der Waals surface area contributed by atoms with Gasteiger partial charge in [0.15, 0.2) is 0 Å². The van der Waals surface area contributed by atoms with E-state index in [1.807, 2.05) is 18.2 Å². The van der Waals surface area contributed by atoms with Crippen LogP contribution in [0.4, 0.5) is 0 Å². The largest absolute Gasteiger partial charge is 0.310 e. The van der Waals surface area contributed by atoms with Gasteiger partial charge in [0.25, 0.3) is 0 Å². The molecule has 0 radical (unpaired) electrons. The Bertz CT molecular complexity index is 505. The highest BCUT2D eigenvalue weighted by Crippen LogP contribution is 2.24. The molecule has 1 N–H and O–H groups in total.